The van der Waals surface area contributed by atoms with E-state index in [-0.39, 0.29) is 5.25 Å². The molecule has 3 nitrogen and oxygen atoms in total. The average Bonchev–Trinajstić information content (AvgIpc) is 2.37. The molecule has 1 heterocycles. The molecule has 9 heavy (non-hydrogen) atoms. The minimum atomic E-state index is 0.0660. The van der Waals surface area contributed by atoms with E-state index in [0.29, 0.717) is 12.2 Å². The van der Waals surface area contributed by atoms with Gasteiger partial charge in [0.1, 0.15) is 6.33 Å². The average molecular weight is 142 g/mol. The molecule has 1 aromatic rings. The lowest BCUT2D eigenvalue weighted by molar-refractivity contribution is 0.868. The highest BCUT2D eigenvalue weighted by molar-refractivity contribution is 7.80. The van der Waals surface area contributed by atoms with Gasteiger partial charge in [-0.15, -0.1) is 0 Å². The van der Waals surface area contributed by atoms with E-state index in [2.05, 4.69) is 34.7 Å². The molecule has 0 bridgehead atoms. The summed E-state index contributed by atoms with van der Waals surface area (Å²) < 4.78 is 0. The van der Waals surface area contributed by atoms with Crippen LogP contribution in [-0.2, 0) is 0 Å². The van der Waals surface area contributed by atoms with Crippen LogP contribution in [0.5, 0.6) is 0 Å². The van der Waals surface area contributed by atoms with E-state index in [1.165, 1.54) is 6.33 Å². The Kier molecular flexibility index (Phi) is 2.10. The van der Waals surface area contributed by atoms with Gasteiger partial charge < -0.3 is 0 Å². The van der Waals surface area contributed by atoms with Crippen molar-refractivity contribution < 1.29 is 0 Å². The van der Waals surface area contributed by atoms with Gasteiger partial charge in [0.05, 0.1) is 5.25 Å². The first-order valence-corrected chi connectivity index (χ1v) is 3.19. The number of thiol groups is 1. The van der Waals surface area contributed by atoms with Gasteiger partial charge in [-0.05, 0) is 6.42 Å². The Morgan fingerprint density at radius 2 is 2.67 bits per heavy atom. The first kappa shape index (κ1) is 6.61. The Bertz CT molecular complexity index is 161. The highest BCUT2D eigenvalue weighted by atomic mass is 32.1. The SMILES string of the molecule is [CH2]CC(S)c1nc[nH]n1. The summed E-state index contributed by atoms with van der Waals surface area (Å²) in [5.74, 6) is 0.716. The Morgan fingerprint density at radius 1 is 1.89 bits per heavy atom. The van der Waals surface area contributed by atoms with Crippen molar-refractivity contribution >= 4 is 12.6 Å². The molecule has 1 aromatic heterocycles. The maximum Gasteiger partial charge on any atom is 0.163 e. The van der Waals surface area contributed by atoms with E-state index in [9.17, 15) is 0 Å². The van der Waals surface area contributed by atoms with Crippen LogP contribution in [0, 0.1) is 6.92 Å². The highest BCUT2D eigenvalue weighted by Gasteiger charge is 2.05. The molecule has 1 N–H and O–H groups in total. The van der Waals surface area contributed by atoms with Crippen LogP contribution in [0.3, 0.4) is 0 Å². The van der Waals surface area contributed by atoms with Gasteiger partial charge in [0.25, 0.3) is 0 Å². The lowest BCUT2D eigenvalue weighted by Crippen LogP contribution is -1.90. The zero-order valence-electron chi connectivity index (χ0n) is 4.91. The van der Waals surface area contributed by atoms with Crippen molar-refractivity contribution in [3.63, 3.8) is 0 Å². The van der Waals surface area contributed by atoms with Crippen LogP contribution in [-0.4, -0.2) is 15.2 Å². The largest absolute Gasteiger partial charge is 0.266 e. The molecule has 1 radical (unpaired) electrons. The lowest BCUT2D eigenvalue weighted by Gasteiger charge is -1.98. The molecular weight excluding hydrogens is 134 g/mol. The highest BCUT2D eigenvalue weighted by Crippen LogP contribution is 2.17. The van der Waals surface area contributed by atoms with Crippen LogP contribution < -0.4 is 0 Å². The lowest BCUT2D eigenvalue weighted by atomic mass is 10.3. The van der Waals surface area contributed by atoms with Crippen molar-refractivity contribution in [2.75, 3.05) is 0 Å². The molecule has 0 saturated carbocycles. The number of aromatic nitrogens is 3. The van der Waals surface area contributed by atoms with Gasteiger partial charge in [-0.2, -0.15) is 17.7 Å². The van der Waals surface area contributed by atoms with Gasteiger partial charge in [0, 0.05) is 0 Å². The monoisotopic (exact) mass is 142 g/mol. The Labute approximate surface area is 59.3 Å². The van der Waals surface area contributed by atoms with Crippen molar-refractivity contribution in [1.29, 1.82) is 0 Å². The van der Waals surface area contributed by atoms with Crippen molar-refractivity contribution in [1.82, 2.24) is 15.2 Å². The number of hydrogen-bond acceptors (Lipinski definition) is 3. The third kappa shape index (κ3) is 1.45. The molecule has 0 fully saturated rings. The van der Waals surface area contributed by atoms with E-state index in [1.807, 2.05) is 0 Å². The standard InChI is InChI=1S/C5H8N3S/c1-2-4(9)5-6-3-7-8-5/h3-4,9H,1-2H2,(H,6,7,8). The fourth-order valence-corrected chi connectivity index (χ4v) is 0.633. The van der Waals surface area contributed by atoms with E-state index in [0.717, 1.165) is 0 Å². The van der Waals surface area contributed by atoms with Crippen molar-refractivity contribution in [3.05, 3.63) is 19.1 Å². The molecule has 0 aliphatic carbocycles. The topological polar surface area (TPSA) is 41.6 Å². The number of rotatable bonds is 2. The molecule has 1 unspecified atom stereocenters. The summed E-state index contributed by atoms with van der Waals surface area (Å²) in [6.45, 7) is 3.67. The summed E-state index contributed by atoms with van der Waals surface area (Å²) in [6.07, 6.45) is 2.25. The molecule has 0 aliphatic heterocycles. The zero-order valence-corrected chi connectivity index (χ0v) is 5.80. The summed E-state index contributed by atoms with van der Waals surface area (Å²) in [5, 5.41) is 6.51. The Hall–Kier alpha value is -0.510. The van der Waals surface area contributed by atoms with Crippen LogP contribution in [0.25, 0.3) is 0 Å². The van der Waals surface area contributed by atoms with Crippen molar-refractivity contribution in [2.45, 2.75) is 11.7 Å². The fourth-order valence-electron chi connectivity index (χ4n) is 0.509. The molecule has 0 aromatic carbocycles. The predicted molar refractivity (Wildman–Crippen MR) is 38.1 cm³/mol. The fraction of sp³-hybridized carbons (Fsp3) is 0.400. The molecule has 4 heteroatoms. The first-order chi connectivity index (χ1) is 4.34. The van der Waals surface area contributed by atoms with E-state index in [4.69, 9.17) is 0 Å². The third-order valence-electron chi connectivity index (χ3n) is 1.01. The Balaban J connectivity index is 2.65. The number of aromatic amines is 1. The molecule has 0 spiro atoms. The molecular formula is C5H8N3S. The van der Waals surface area contributed by atoms with E-state index < -0.39 is 0 Å². The molecule has 1 rings (SSSR count). The third-order valence-corrected chi connectivity index (χ3v) is 1.49. The van der Waals surface area contributed by atoms with Crippen molar-refractivity contribution in [3.8, 4) is 0 Å². The quantitative estimate of drug-likeness (QED) is 0.605. The van der Waals surface area contributed by atoms with E-state index >= 15 is 0 Å². The number of nitrogens with one attached hydrogen (secondary N) is 1. The summed E-state index contributed by atoms with van der Waals surface area (Å²) in [6, 6.07) is 0. The summed E-state index contributed by atoms with van der Waals surface area (Å²) in [7, 11) is 0. The number of hydrogen-bond donors (Lipinski definition) is 2. The molecule has 0 aliphatic rings. The molecule has 0 amide bonds. The Morgan fingerprint density at radius 3 is 3.11 bits per heavy atom. The maximum absolute atomic E-state index is 4.18. The van der Waals surface area contributed by atoms with Gasteiger partial charge >= 0.3 is 0 Å². The summed E-state index contributed by atoms with van der Waals surface area (Å²) in [4.78, 5) is 3.90. The van der Waals surface area contributed by atoms with Gasteiger partial charge in [0.15, 0.2) is 5.82 Å². The molecule has 0 saturated heterocycles. The van der Waals surface area contributed by atoms with Crippen LogP contribution in [0.15, 0.2) is 6.33 Å². The van der Waals surface area contributed by atoms with Gasteiger partial charge in [-0.25, -0.2) is 4.98 Å². The zero-order chi connectivity index (χ0) is 6.69. The van der Waals surface area contributed by atoms with Crippen LogP contribution >= 0.6 is 12.6 Å². The normalized spacial score (nSPS) is 13.6. The van der Waals surface area contributed by atoms with E-state index in [1.54, 1.807) is 0 Å². The number of nitrogens with zero attached hydrogens (tertiary/aromatic N) is 2. The van der Waals surface area contributed by atoms with Crippen molar-refractivity contribution in [2.24, 2.45) is 0 Å². The first-order valence-electron chi connectivity index (χ1n) is 2.67. The second-order valence-electron chi connectivity index (χ2n) is 1.66. The summed E-state index contributed by atoms with van der Waals surface area (Å²) in [5.41, 5.74) is 0. The van der Waals surface area contributed by atoms with Crippen LogP contribution in [0.4, 0.5) is 0 Å². The maximum atomic E-state index is 4.18. The van der Waals surface area contributed by atoms with Gasteiger partial charge in [-0.1, -0.05) is 6.92 Å². The van der Waals surface area contributed by atoms with Gasteiger partial charge in [0.2, 0.25) is 0 Å². The summed E-state index contributed by atoms with van der Waals surface area (Å²) >= 11 is 4.18. The van der Waals surface area contributed by atoms with Gasteiger partial charge in [-0.3, -0.25) is 5.10 Å². The smallest absolute Gasteiger partial charge is 0.163 e. The second kappa shape index (κ2) is 2.87. The predicted octanol–water partition coefficient (Wildman–Crippen LogP) is 1.000. The van der Waals surface area contributed by atoms with Crippen LogP contribution in [0.2, 0.25) is 0 Å². The minimum Gasteiger partial charge on any atom is -0.266 e. The van der Waals surface area contributed by atoms with Crippen LogP contribution in [0.1, 0.15) is 17.5 Å². The molecule has 1 atom stereocenters. The minimum absolute atomic E-state index is 0.0660. The second-order valence-corrected chi connectivity index (χ2v) is 2.29. The number of H-pyrrole nitrogens is 1. The molecule has 49 valence electrons.